The fourth-order valence-corrected chi connectivity index (χ4v) is 4.18. The fourth-order valence-electron chi connectivity index (χ4n) is 4.18. The lowest BCUT2D eigenvalue weighted by Gasteiger charge is -2.56. The second kappa shape index (κ2) is 5.88. The van der Waals surface area contributed by atoms with Gasteiger partial charge >= 0.3 is 0 Å². The maximum atomic E-state index is 13.6. The number of carbonyl (C=O) groups excluding carboxylic acids is 2. The largest absolute Gasteiger partial charge is 0.398 e. The molecular weight excluding hydrogens is 348 g/mol. The van der Waals surface area contributed by atoms with Crippen LogP contribution in [0.15, 0.2) is 10.9 Å². The summed E-state index contributed by atoms with van der Waals surface area (Å²) in [5.41, 5.74) is 7.21. The lowest BCUT2D eigenvalue weighted by atomic mass is 9.21. The Balaban J connectivity index is 2.48. The number of rotatable bonds is 1. The number of benzene rings is 1. The smallest absolute Gasteiger partial charge is 0.263 e. The van der Waals surface area contributed by atoms with Crippen molar-refractivity contribution in [2.45, 2.75) is 22.8 Å². The third kappa shape index (κ3) is 2.26. The number of amides is 2. The number of imide groups is 1. The predicted octanol–water partition coefficient (Wildman–Crippen LogP) is -8.49. The standard InChI is InChI=1S/C14H21B7N4O3/c1-3-23-5-2-4(15)7(16)8(22)6(5)9(26)25(3)13(19)11(28)24-10(27)12(17,18)14(13,20)21/h2H,15-22H2,1H3,(H,24,27,28). The van der Waals surface area contributed by atoms with E-state index in [1.165, 1.54) is 4.57 Å². The van der Waals surface area contributed by atoms with Gasteiger partial charge in [0.25, 0.3) is 5.56 Å². The van der Waals surface area contributed by atoms with Crippen LogP contribution in [0, 0.1) is 6.92 Å². The van der Waals surface area contributed by atoms with Crippen molar-refractivity contribution in [2.24, 2.45) is 0 Å². The second-order valence-electron chi connectivity index (χ2n) is 9.03. The molecule has 3 N–H and O–H groups in total. The number of nitrogens with zero attached hydrogens (tertiary/aromatic N) is 2. The first kappa shape index (κ1) is 20.5. The van der Waals surface area contributed by atoms with Crippen molar-refractivity contribution in [3.05, 3.63) is 22.2 Å². The monoisotopic (exact) mass is 370 g/mol. The molecule has 1 saturated heterocycles. The molecular formula is C14H21B7N4O3. The number of aryl methyl sites for hydroxylation is 1. The lowest BCUT2D eigenvalue weighted by molar-refractivity contribution is -0.139. The SMILES string of the molecule is Bc1cc2nc(C)n(C3(B)C(=O)NC(=O)C(B)(B)C3(B)B)c(=O)c2c(N)c1B. The summed E-state index contributed by atoms with van der Waals surface area (Å²) in [6.45, 7) is 1.70. The van der Waals surface area contributed by atoms with Gasteiger partial charge in [-0.3, -0.25) is 24.3 Å². The van der Waals surface area contributed by atoms with E-state index in [0.29, 0.717) is 22.4 Å². The molecule has 1 aliphatic rings. The molecule has 1 atom stereocenters. The van der Waals surface area contributed by atoms with Crippen LogP contribution in [-0.4, -0.2) is 76.3 Å². The molecule has 1 aromatic heterocycles. The van der Waals surface area contributed by atoms with Crippen molar-refractivity contribution >= 4 is 94.3 Å². The Kier molecular flexibility index (Phi) is 4.30. The molecule has 7 nitrogen and oxygen atoms in total. The van der Waals surface area contributed by atoms with E-state index >= 15 is 0 Å². The van der Waals surface area contributed by atoms with Crippen LogP contribution in [0.5, 0.6) is 0 Å². The molecule has 2 aromatic rings. The molecule has 0 bridgehead atoms. The summed E-state index contributed by atoms with van der Waals surface area (Å²) in [5.74, 6) is -0.475. The van der Waals surface area contributed by atoms with Gasteiger partial charge in [-0.1, -0.05) is 16.1 Å². The van der Waals surface area contributed by atoms with Gasteiger partial charge in [0.05, 0.1) is 16.3 Å². The van der Waals surface area contributed by atoms with Crippen LogP contribution in [-0.2, 0) is 15.0 Å². The topological polar surface area (TPSA) is 107 Å². The maximum absolute atomic E-state index is 13.6. The van der Waals surface area contributed by atoms with Crippen molar-refractivity contribution in [1.82, 2.24) is 14.9 Å². The molecule has 1 aliphatic heterocycles. The van der Waals surface area contributed by atoms with Gasteiger partial charge in [0.2, 0.25) is 11.8 Å². The Bertz CT molecular complexity index is 1130. The number of aromatic nitrogens is 2. The number of fused-ring (bicyclic) bond motifs is 1. The van der Waals surface area contributed by atoms with E-state index in [9.17, 15) is 14.4 Å². The number of nitrogen functional groups attached to an aromatic ring is 1. The highest BCUT2D eigenvalue weighted by atomic mass is 16.2. The summed E-state index contributed by atoms with van der Waals surface area (Å²) in [6, 6.07) is 1.83. The average molecular weight is 369 g/mol. The summed E-state index contributed by atoms with van der Waals surface area (Å²) in [6.07, 6.45) is 0. The number of hydrogen-bond donors (Lipinski definition) is 2. The minimum Gasteiger partial charge on any atom is -0.398 e. The Labute approximate surface area is 169 Å². The Morgan fingerprint density at radius 2 is 1.64 bits per heavy atom. The quantitative estimate of drug-likeness (QED) is 0.295. The minimum atomic E-state index is -1.34. The van der Waals surface area contributed by atoms with Gasteiger partial charge in [0.1, 0.15) is 60.7 Å². The number of hydrogen-bond acceptors (Lipinski definition) is 5. The van der Waals surface area contributed by atoms with Crippen molar-refractivity contribution in [1.29, 1.82) is 0 Å². The van der Waals surface area contributed by atoms with E-state index in [2.05, 4.69) is 10.3 Å². The van der Waals surface area contributed by atoms with Crippen LogP contribution >= 0.6 is 0 Å². The molecule has 0 saturated carbocycles. The van der Waals surface area contributed by atoms with Gasteiger partial charge in [-0.25, -0.2) is 4.98 Å². The minimum absolute atomic E-state index is 0.299. The van der Waals surface area contributed by atoms with E-state index in [-0.39, 0.29) is 11.5 Å². The van der Waals surface area contributed by atoms with Gasteiger partial charge in [-0.05, 0) is 18.2 Å². The average Bonchev–Trinajstić information content (AvgIpc) is 2.57. The van der Waals surface area contributed by atoms with E-state index in [1.807, 2.05) is 37.5 Å². The maximum Gasteiger partial charge on any atom is 0.263 e. The van der Waals surface area contributed by atoms with Crippen LogP contribution in [0.1, 0.15) is 5.82 Å². The summed E-state index contributed by atoms with van der Waals surface area (Å²) < 4.78 is 1.41. The molecule has 14 heteroatoms. The van der Waals surface area contributed by atoms with E-state index in [0.717, 1.165) is 10.9 Å². The van der Waals surface area contributed by atoms with Crippen molar-refractivity contribution in [3.63, 3.8) is 0 Å². The number of nitrogens with one attached hydrogen (secondary N) is 1. The zero-order valence-corrected chi connectivity index (χ0v) is 17.8. The zero-order valence-electron chi connectivity index (χ0n) is 17.8. The molecule has 136 valence electrons. The van der Waals surface area contributed by atoms with Crippen LogP contribution in [0.4, 0.5) is 5.69 Å². The highest BCUT2D eigenvalue weighted by Crippen LogP contribution is 2.54. The molecule has 2 amide bonds. The predicted molar refractivity (Wildman–Crippen MR) is 131 cm³/mol. The summed E-state index contributed by atoms with van der Waals surface area (Å²) in [4.78, 5) is 43.9. The molecule has 0 radical (unpaired) electrons. The molecule has 1 aromatic carbocycles. The zero-order chi connectivity index (χ0) is 21.4. The number of anilines is 1. The third-order valence-corrected chi connectivity index (χ3v) is 7.36. The summed E-state index contributed by atoms with van der Waals surface area (Å²) in [7, 11) is 12.7. The van der Waals surface area contributed by atoms with Gasteiger partial charge in [-0.15, -0.1) is 0 Å². The molecule has 2 heterocycles. The first-order valence-corrected chi connectivity index (χ1v) is 9.35. The molecule has 0 aliphatic carbocycles. The first-order chi connectivity index (χ1) is 12.7. The molecule has 1 unspecified atom stereocenters. The fraction of sp³-hybridized carbons (Fsp3) is 0.286. The normalized spacial score (nSPS) is 23.5. The summed E-state index contributed by atoms with van der Waals surface area (Å²) in [5, 5.41) is 0.980. The highest BCUT2D eigenvalue weighted by Gasteiger charge is 2.62. The van der Waals surface area contributed by atoms with Crippen molar-refractivity contribution in [2.75, 3.05) is 5.73 Å². The van der Waals surface area contributed by atoms with Gasteiger partial charge in [0.15, 0.2) is 0 Å². The lowest BCUT2D eigenvalue weighted by Crippen LogP contribution is -2.71. The Morgan fingerprint density at radius 3 is 2.21 bits per heavy atom. The van der Waals surface area contributed by atoms with Crippen LogP contribution in [0.3, 0.4) is 0 Å². The second-order valence-corrected chi connectivity index (χ2v) is 9.03. The van der Waals surface area contributed by atoms with Crippen LogP contribution in [0.2, 0.25) is 10.4 Å². The van der Waals surface area contributed by atoms with E-state index in [4.69, 9.17) is 5.73 Å². The van der Waals surface area contributed by atoms with Gasteiger partial charge in [0, 0.05) is 5.69 Å². The highest BCUT2D eigenvalue weighted by molar-refractivity contribution is 6.66. The Hall–Kier alpha value is -2.25. The molecule has 0 spiro atoms. The first-order valence-electron chi connectivity index (χ1n) is 9.35. The third-order valence-electron chi connectivity index (χ3n) is 7.36. The van der Waals surface area contributed by atoms with Crippen molar-refractivity contribution in [3.8, 4) is 0 Å². The summed E-state index contributed by atoms with van der Waals surface area (Å²) >= 11 is 0. The molecule has 1 fully saturated rings. The van der Waals surface area contributed by atoms with Crippen LogP contribution in [0.25, 0.3) is 10.9 Å². The molecule has 28 heavy (non-hydrogen) atoms. The van der Waals surface area contributed by atoms with Crippen molar-refractivity contribution < 1.29 is 9.59 Å². The van der Waals surface area contributed by atoms with E-state index < -0.39 is 21.8 Å². The number of nitrogens with two attached hydrogens (primary N) is 1. The van der Waals surface area contributed by atoms with Gasteiger partial charge < -0.3 is 5.73 Å². The van der Waals surface area contributed by atoms with E-state index in [1.54, 1.807) is 30.5 Å². The Morgan fingerprint density at radius 1 is 1.07 bits per heavy atom. The number of carbonyl (C=O) groups is 2. The molecule has 3 rings (SSSR count). The van der Waals surface area contributed by atoms with Gasteiger partial charge in [-0.2, -0.15) is 0 Å². The number of piperidine rings is 1. The van der Waals surface area contributed by atoms with Crippen LogP contribution < -0.4 is 27.5 Å².